The molecule has 2 aromatic rings. The second-order valence-corrected chi connectivity index (χ2v) is 7.02. The molecule has 1 unspecified atom stereocenters. The summed E-state index contributed by atoms with van der Waals surface area (Å²) in [7, 11) is 0. The number of ether oxygens (including phenoxy) is 2. The summed E-state index contributed by atoms with van der Waals surface area (Å²) in [5.41, 5.74) is 4.20. The van der Waals surface area contributed by atoms with Gasteiger partial charge >= 0.3 is 5.97 Å². The quantitative estimate of drug-likeness (QED) is 0.357. The molecular weight excluding hydrogens is 336 g/mol. The van der Waals surface area contributed by atoms with Crippen molar-refractivity contribution in [3.63, 3.8) is 0 Å². The van der Waals surface area contributed by atoms with Crippen LogP contribution < -0.4 is 0 Å². The van der Waals surface area contributed by atoms with E-state index in [1.807, 2.05) is 31.2 Å². The molecular formula is C24H32O3. The molecule has 3 heteroatoms. The fourth-order valence-electron chi connectivity index (χ4n) is 2.82. The summed E-state index contributed by atoms with van der Waals surface area (Å²) in [5, 5.41) is 0. The van der Waals surface area contributed by atoms with E-state index in [2.05, 4.69) is 38.1 Å². The van der Waals surface area contributed by atoms with E-state index in [9.17, 15) is 4.79 Å². The fraction of sp³-hybridized carbons (Fsp3) is 0.458. The van der Waals surface area contributed by atoms with E-state index in [0.717, 1.165) is 30.4 Å². The van der Waals surface area contributed by atoms with Crippen molar-refractivity contribution in [1.82, 2.24) is 0 Å². The fourth-order valence-corrected chi connectivity index (χ4v) is 2.82. The summed E-state index contributed by atoms with van der Waals surface area (Å²) >= 11 is 0. The minimum Gasteiger partial charge on any atom is -0.457 e. The molecule has 0 saturated heterocycles. The topological polar surface area (TPSA) is 35.5 Å². The molecule has 0 bridgehead atoms. The minimum atomic E-state index is -0.303. The zero-order valence-corrected chi connectivity index (χ0v) is 16.9. The number of rotatable bonds is 11. The first-order chi connectivity index (χ1) is 13.1. The van der Waals surface area contributed by atoms with Gasteiger partial charge in [0.1, 0.15) is 6.10 Å². The summed E-state index contributed by atoms with van der Waals surface area (Å²) in [6.45, 7) is 7.34. The highest BCUT2D eigenvalue weighted by molar-refractivity contribution is 5.90. The lowest BCUT2D eigenvalue weighted by Gasteiger charge is -2.14. The predicted molar refractivity (Wildman–Crippen MR) is 111 cm³/mol. The predicted octanol–water partition coefficient (Wildman–Crippen LogP) is 6.06. The van der Waals surface area contributed by atoms with Gasteiger partial charge in [-0.1, -0.05) is 63.1 Å². The van der Waals surface area contributed by atoms with Crippen molar-refractivity contribution in [3.05, 3.63) is 59.7 Å². The molecule has 27 heavy (non-hydrogen) atoms. The van der Waals surface area contributed by atoms with E-state index in [-0.39, 0.29) is 12.1 Å². The molecule has 1 atom stereocenters. The number of carbonyl (C=O) groups excluding carboxylic acids is 1. The SMILES string of the molecule is CCCCOCC(C)OC(=O)c1ccc(-c2ccc(CCCC)cc2)cc1. The lowest BCUT2D eigenvalue weighted by Crippen LogP contribution is -2.20. The molecule has 0 aliphatic rings. The van der Waals surface area contributed by atoms with E-state index in [0.29, 0.717) is 18.8 Å². The average Bonchev–Trinajstić information content (AvgIpc) is 2.70. The van der Waals surface area contributed by atoms with Crippen LogP contribution in [0.5, 0.6) is 0 Å². The Morgan fingerprint density at radius 1 is 0.889 bits per heavy atom. The zero-order chi connectivity index (χ0) is 19.5. The second-order valence-electron chi connectivity index (χ2n) is 7.02. The van der Waals surface area contributed by atoms with Crippen molar-refractivity contribution in [2.75, 3.05) is 13.2 Å². The summed E-state index contributed by atoms with van der Waals surface area (Å²) in [6, 6.07) is 16.3. The molecule has 0 N–H and O–H groups in total. The number of esters is 1. The van der Waals surface area contributed by atoms with Crippen LogP contribution in [-0.2, 0) is 15.9 Å². The smallest absolute Gasteiger partial charge is 0.338 e. The lowest BCUT2D eigenvalue weighted by molar-refractivity contribution is 0.00169. The van der Waals surface area contributed by atoms with Crippen LogP contribution in [0.15, 0.2) is 48.5 Å². The Bertz CT molecular complexity index is 674. The van der Waals surface area contributed by atoms with Crippen LogP contribution in [0.3, 0.4) is 0 Å². The Balaban J connectivity index is 1.89. The highest BCUT2D eigenvalue weighted by Crippen LogP contribution is 2.21. The van der Waals surface area contributed by atoms with E-state index in [1.165, 1.54) is 18.4 Å². The lowest BCUT2D eigenvalue weighted by atomic mass is 10.0. The van der Waals surface area contributed by atoms with Gasteiger partial charge in [0.25, 0.3) is 0 Å². The highest BCUT2D eigenvalue weighted by Gasteiger charge is 2.12. The van der Waals surface area contributed by atoms with Gasteiger partial charge in [-0.05, 0) is 55.0 Å². The molecule has 0 aliphatic carbocycles. The number of hydrogen-bond acceptors (Lipinski definition) is 3. The van der Waals surface area contributed by atoms with E-state index in [1.54, 1.807) is 0 Å². The highest BCUT2D eigenvalue weighted by atomic mass is 16.6. The Morgan fingerprint density at radius 3 is 2.07 bits per heavy atom. The largest absolute Gasteiger partial charge is 0.457 e. The van der Waals surface area contributed by atoms with Crippen LogP contribution in [0, 0.1) is 0 Å². The molecule has 3 nitrogen and oxygen atoms in total. The van der Waals surface area contributed by atoms with Crippen molar-refractivity contribution < 1.29 is 14.3 Å². The van der Waals surface area contributed by atoms with Crippen LogP contribution in [-0.4, -0.2) is 25.3 Å². The van der Waals surface area contributed by atoms with Gasteiger partial charge in [-0.15, -0.1) is 0 Å². The van der Waals surface area contributed by atoms with E-state index in [4.69, 9.17) is 9.47 Å². The van der Waals surface area contributed by atoms with Crippen molar-refractivity contribution in [3.8, 4) is 11.1 Å². The zero-order valence-electron chi connectivity index (χ0n) is 16.9. The molecule has 0 fully saturated rings. The molecule has 0 radical (unpaired) electrons. The van der Waals surface area contributed by atoms with Gasteiger partial charge in [-0.25, -0.2) is 4.79 Å². The molecule has 2 aromatic carbocycles. The van der Waals surface area contributed by atoms with Gasteiger partial charge in [0.2, 0.25) is 0 Å². The molecule has 146 valence electrons. The van der Waals surface area contributed by atoms with Gasteiger partial charge in [0, 0.05) is 6.61 Å². The van der Waals surface area contributed by atoms with Crippen LogP contribution in [0.2, 0.25) is 0 Å². The molecule has 0 heterocycles. The van der Waals surface area contributed by atoms with Gasteiger partial charge in [-0.2, -0.15) is 0 Å². The van der Waals surface area contributed by atoms with Crippen LogP contribution in [0.1, 0.15) is 62.4 Å². The Labute approximate surface area is 163 Å². The first-order valence-corrected chi connectivity index (χ1v) is 10.1. The van der Waals surface area contributed by atoms with Gasteiger partial charge < -0.3 is 9.47 Å². The molecule has 2 rings (SSSR count). The molecule has 0 saturated carbocycles. The third-order valence-corrected chi connectivity index (χ3v) is 4.53. The van der Waals surface area contributed by atoms with Gasteiger partial charge in [0.15, 0.2) is 0 Å². The van der Waals surface area contributed by atoms with Crippen molar-refractivity contribution in [2.24, 2.45) is 0 Å². The van der Waals surface area contributed by atoms with Gasteiger partial charge in [-0.3, -0.25) is 0 Å². The standard InChI is InChI=1S/C24H32O3/c1-4-6-8-20-9-11-21(12-10-20)22-13-15-23(16-14-22)24(25)27-19(3)18-26-17-7-5-2/h9-16,19H,4-8,17-18H2,1-3H3. The second kappa shape index (κ2) is 11.6. The number of unbranched alkanes of at least 4 members (excludes halogenated alkanes) is 2. The minimum absolute atomic E-state index is 0.246. The number of benzene rings is 2. The van der Waals surface area contributed by atoms with Gasteiger partial charge in [0.05, 0.1) is 12.2 Å². The summed E-state index contributed by atoms with van der Waals surface area (Å²) < 4.78 is 11.0. The average molecular weight is 369 g/mol. The van der Waals surface area contributed by atoms with E-state index >= 15 is 0 Å². The monoisotopic (exact) mass is 368 g/mol. The normalized spacial score (nSPS) is 12.0. The maximum atomic E-state index is 12.3. The molecule has 0 aliphatic heterocycles. The van der Waals surface area contributed by atoms with Crippen LogP contribution in [0.25, 0.3) is 11.1 Å². The maximum Gasteiger partial charge on any atom is 0.338 e. The van der Waals surface area contributed by atoms with Crippen molar-refractivity contribution >= 4 is 5.97 Å². The van der Waals surface area contributed by atoms with Crippen LogP contribution in [0.4, 0.5) is 0 Å². The summed E-state index contributed by atoms with van der Waals surface area (Å²) in [6.07, 6.45) is 5.44. The molecule has 0 aromatic heterocycles. The first-order valence-electron chi connectivity index (χ1n) is 10.1. The number of hydrogen-bond donors (Lipinski definition) is 0. The molecule has 0 spiro atoms. The van der Waals surface area contributed by atoms with Crippen molar-refractivity contribution in [2.45, 2.75) is 59.0 Å². The van der Waals surface area contributed by atoms with Crippen LogP contribution >= 0.6 is 0 Å². The first kappa shape index (κ1) is 21.2. The molecule has 0 amide bonds. The Morgan fingerprint density at radius 2 is 1.48 bits per heavy atom. The maximum absolute atomic E-state index is 12.3. The summed E-state index contributed by atoms with van der Waals surface area (Å²) in [4.78, 5) is 12.3. The third-order valence-electron chi connectivity index (χ3n) is 4.53. The summed E-state index contributed by atoms with van der Waals surface area (Å²) in [5.74, 6) is -0.303. The Kier molecular flexibility index (Phi) is 9.06. The third kappa shape index (κ3) is 7.18. The van der Waals surface area contributed by atoms with E-state index < -0.39 is 0 Å². The number of aryl methyl sites for hydroxylation is 1. The Hall–Kier alpha value is -2.13. The number of carbonyl (C=O) groups is 1. The van der Waals surface area contributed by atoms with Crippen molar-refractivity contribution in [1.29, 1.82) is 0 Å².